The Morgan fingerprint density at radius 3 is 2.62 bits per heavy atom. The maximum Gasteiger partial charge on any atom is 0.146 e. The number of rotatable bonds is 2. The van der Waals surface area contributed by atoms with Gasteiger partial charge in [0.1, 0.15) is 11.6 Å². The van der Waals surface area contributed by atoms with Gasteiger partial charge in [0.2, 0.25) is 0 Å². The third kappa shape index (κ3) is 2.18. The number of hydrogen-bond donors (Lipinski definition) is 1. The fraction of sp³-hybridized carbons (Fsp3) is 0.250. The summed E-state index contributed by atoms with van der Waals surface area (Å²) in [6.45, 7) is 0. The van der Waals surface area contributed by atoms with Crippen LogP contribution in [0.5, 0.6) is 0 Å². The van der Waals surface area contributed by atoms with Crippen molar-refractivity contribution in [2.24, 2.45) is 0 Å². The zero-order valence-electron chi connectivity index (χ0n) is 6.40. The van der Waals surface area contributed by atoms with Gasteiger partial charge in [0.25, 0.3) is 0 Å². The molecule has 0 aliphatic heterocycles. The summed E-state index contributed by atoms with van der Waals surface area (Å²) in [6.07, 6.45) is -1.11. The Kier molecular flexibility index (Phi) is 3.64. The summed E-state index contributed by atoms with van der Waals surface area (Å²) in [4.78, 5) is 0. The van der Waals surface area contributed by atoms with Crippen molar-refractivity contribution in [2.45, 2.75) is 6.10 Å². The van der Waals surface area contributed by atoms with Crippen LogP contribution in [0.15, 0.2) is 16.6 Å². The molecule has 0 fully saturated rings. The molecule has 1 aromatic carbocycles. The third-order valence-corrected chi connectivity index (χ3v) is 2.59. The first-order valence-corrected chi connectivity index (χ1v) is 4.78. The number of hydrogen-bond acceptors (Lipinski definition) is 1. The molecule has 0 unspecified atom stereocenters. The molecule has 1 atom stereocenters. The summed E-state index contributed by atoms with van der Waals surface area (Å²) in [6, 6.07) is 2.24. The highest BCUT2D eigenvalue weighted by Crippen LogP contribution is 2.26. The summed E-state index contributed by atoms with van der Waals surface area (Å²) < 4.78 is 25.6. The van der Waals surface area contributed by atoms with Crippen molar-refractivity contribution in [3.63, 3.8) is 0 Å². The fourth-order valence-electron chi connectivity index (χ4n) is 0.881. The minimum atomic E-state index is -1.11. The average molecular weight is 271 g/mol. The van der Waals surface area contributed by atoms with E-state index in [9.17, 15) is 13.9 Å². The van der Waals surface area contributed by atoms with Crippen LogP contribution in [-0.4, -0.2) is 11.0 Å². The molecule has 1 aromatic rings. The molecule has 1 rings (SSSR count). The normalized spacial score (nSPS) is 13.0. The number of halogens is 4. The SMILES string of the molecule is O[C@H](CCl)c1ccc(F)c(Br)c1F. The van der Waals surface area contributed by atoms with Crippen LogP contribution in [-0.2, 0) is 0 Å². The first-order chi connectivity index (χ1) is 6.07. The maximum atomic E-state index is 13.2. The van der Waals surface area contributed by atoms with E-state index in [4.69, 9.17) is 11.6 Å². The van der Waals surface area contributed by atoms with Crippen molar-refractivity contribution < 1.29 is 13.9 Å². The smallest absolute Gasteiger partial charge is 0.146 e. The lowest BCUT2D eigenvalue weighted by Gasteiger charge is -2.09. The molecular formula is C8H6BrClF2O. The molecule has 13 heavy (non-hydrogen) atoms. The van der Waals surface area contributed by atoms with Crippen LogP contribution in [0.3, 0.4) is 0 Å². The highest BCUT2D eigenvalue weighted by Gasteiger charge is 2.16. The van der Waals surface area contributed by atoms with E-state index < -0.39 is 17.7 Å². The fourth-order valence-corrected chi connectivity index (χ4v) is 1.41. The predicted octanol–water partition coefficient (Wildman–Crippen LogP) is 3.00. The van der Waals surface area contributed by atoms with Gasteiger partial charge < -0.3 is 5.11 Å². The van der Waals surface area contributed by atoms with Crippen molar-refractivity contribution in [1.29, 1.82) is 0 Å². The van der Waals surface area contributed by atoms with Gasteiger partial charge in [0, 0.05) is 5.56 Å². The van der Waals surface area contributed by atoms with E-state index in [0.29, 0.717) is 0 Å². The molecular weight excluding hydrogens is 265 g/mol. The molecule has 72 valence electrons. The minimum absolute atomic E-state index is 0.0109. The maximum absolute atomic E-state index is 13.2. The highest BCUT2D eigenvalue weighted by atomic mass is 79.9. The summed E-state index contributed by atoms with van der Waals surface area (Å²) >= 11 is 8.05. The van der Waals surface area contributed by atoms with Gasteiger partial charge in [-0.05, 0) is 22.0 Å². The lowest BCUT2D eigenvalue weighted by molar-refractivity contribution is 0.197. The van der Waals surface area contributed by atoms with Gasteiger partial charge in [-0.1, -0.05) is 6.07 Å². The predicted molar refractivity (Wildman–Crippen MR) is 49.7 cm³/mol. The molecule has 0 saturated carbocycles. The van der Waals surface area contributed by atoms with Crippen LogP contribution in [0.25, 0.3) is 0 Å². The van der Waals surface area contributed by atoms with Crippen LogP contribution < -0.4 is 0 Å². The van der Waals surface area contributed by atoms with Crippen molar-refractivity contribution in [3.8, 4) is 0 Å². The average Bonchev–Trinajstić information content (AvgIpc) is 2.13. The summed E-state index contributed by atoms with van der Waals surface area (Å²) in [5.41, 5.74) is -0.0109. The second-order valence-electron chi connectivity index (χ2n) is 2.43. The molecule has 0 radical (unpaired) electrons. The van der Waals surface area contributed by atoms with Gasteiger partial charge in [0.15, 0.2) is 0 Å². The van der Waals surface area contributed by atoms with Crippen LogP contribution in [0.4, 0.5) is 8.78 Å². The van der Waals surface area contributed by atoms with E-state index in [2.05, 4.69) is 15.9 Å². The number of alkyl halides is 1. The van der Waals surface area contributed by atoms with Crippen LogP contribution in [0.1, 0.15) is 11.7 Å². The van der Waals surface area contributed by atoms with E-state index in [0.717, 1.165) is 6.07 Å². The van der Waals surface area contributed by atoms with E-state index >= 15 is 0 Å². The topological polar surface area (TPSA) is 20.2 Å². The number of aliphatic hydroxyl groups excluding tert-OH is 1. The zero-order chi connectivity index (χ0) is 10.0. The van der Waals surface area contributed by atoms with Crippen LogP contribution in [0.2, 0.25) is 0 Å². The molecule has 0 spiro atoms. The van der Waals surface area contributed by atoms with Gasteiger partial charge in [-0.15, -0.1) is 11.6 Å². The molecule has 0 bridgehead atoms. The molecule has 0 amide bonds. The summed E-state index contributed by atoms with van der Waals surface area (Å²) in [5.74, 6) is -1.65. The van der Waals surface area contributed by atoms with E-state index in [1.54, 1.807) is 0 Å². The van der Waals surface area contributed by atoms with E-state index in [-0.39, 0.29) is 15.9 Å². The Morgan fingerprint density at radius 2 is 2.08 bits per heavy atom. The number of benzene rings is 1. The lowest BCUT2D eigenvalue weighted by Crippen LogP contribution is -2.03. The van der Waals surface area contributed by atoms with Gasteiger partial charge >= 0.3 is 0 Å². The largest absolute Gasteiger partial charge is 0.387 e. The Labute approximate surface area is 87.5 Å². The number of aliphatic hydroxyl groups is 1. The Bertz CT molecular complexity index is 319. The van der Waals surface area contributed by atoms with Crippen molar-refractivity contribution in [1.82, 2.24) is 0 Å². The van der Waals surface area contributed by atoms with Crippen molar-refractivity contribution >= 4 is 27.5 Å². The zero-order valence-corrected chi connectivity index (χ0v) is 8.74. The standard InChI is InChI=1S/C8H6BrClF2O/c9-7-5(11)2-1-4(8(7)12)6(13)3-10/h1-2,6,13H,3H2/t6-/m1/s1. The molecule has 0 aliphatic carbocycles. The van der Waals surface area contributed by atoms with Gasteiger partial charge in [0.05, 0.1) is 16.5 Å². The Morgan fingerprint density at radius 1 is 1.46 bits per heavy atom. The third-order valence-electron chi connectivity index (χ3n) is 1.57. The van der Waals surface area contributed by atoms with Gasteiger partial charge in [-0.25, -0.2) is 8.78 Å². The molecule has 1 N–H and O–H groups in total. The second kappa shape index (κ2) is 4.35. The first-order valence-electron chi connectivity index (χ1n) is 3.45. The lowest BCUT2D eigenvalue weighted by atomic mass is 10.1. The molecule has 1 nitrogen and oxygen atoms in total. The van der Waals surface area contributed by atoms with E-state index in [1.165, 1.54) is 6.07 Å². The minimum Gasteiger partial charge on any atom is -0.387 e. The van der Waals surface area contributed by atoms with Gasteiger partial charge in [-0.3, -0.25) is 0 Å². The first kappa shape index (κ1) is 10.9. The second-order valence-corrected chi connectivity index (χ2v) is 3.54. The van der Waals surface area contributed by atoms with Crippen molar-refractivity contribution in [3.05, 3.63) is 33.8 Å². The molecule has 0 aromatic heterocycles. The van der Waals surface area contributed by atoms with Crippen LogP contribution >= 0.6 is 27.5 Å². The summed E-state index contributed by atoms with van der Waals surface area (Å²) in [5, 5.41) is 9.21. The Hall–Kier alpha value is -0.190. The summed E-state index contributed by atoms with van der Waals surface area (Å²) in [7, 11) is 0. The quantitative estimate of drug-likeness (QED) is 0.647. The molecule has 0 heterocycles. The molecule has 0 aliphatic rings. The van der Waals surface area contributed by atoms with Crippen LogP contribution in [0, 0.1) is 11.6 Å². The monoisotopic (exact) mass is 270 g/mol. The Balaban J connectivity index is 3.18. The van der Waals surface area contributed by atoms with Crippen molar-refractivity contribution in [2.75, 3.05) is 5.88 Å². The van der Waals surface area contributed by atoms with Gasteiger partial charge in [-0.2, -0.15) is 0 Å². The highest BCUT2D eigenvalue weighted by molar-refractivity contribution is 9.10. The molecule has 0 saturated heterocycles. The van der Waals surface area contributed by atoms with E-state index in [1.807, 2.05) is 0 Å². The molecule has 5 heteroatoms.